The van der Waals surface area contributed by atoms with Gasteiger partial charge in [-0.3, -0.25) is 4.90 Å². The number of hydrogen-bond acceptors (Lipinski definition) is 3. The number of hydrogen-bond donors (Lipinski definition) is 1. The summed E-state index contributed by atoms with van der Waals surface area (Å²) >= 11 is 0. The summed E-state index contributed by atoms with van der Waals surface area (Å²) < 4.78 is 18.9. The number of amides is 1. The number of aromatic amines is 1. The van der Waals surface area contributed by atoms with Crippen molar-refractivity contribution in [1.82, 2.24) is 14.9 Å². The Morgan fingerprint density at radius 1 is 1.42 bits per heavy atom. The number of likely N-dealkylation sites (tertiary alicyclic amines) is 1. The van der Waals surface area contributed by atoms with Crippen LogP contribution in [0.1, 0.15) is 45.5 Å². The fraction of sp³-hybridized carbons (Fsp3) is 0.444. The van der Waals surface area contributed by atoms with Gasteiger partial charge in [0.05, 0.1) is 17.9 Å². The lowest BCUT2D eigenvalue weighted by atomic mass is 10.1. The molecular formula is C18H22FN3O2. The van der Waals surface area contributed by atoms with Crippen LogP contribution in [-0.4, -0.2) is 33.1 Å². The molecule has 1 aromatic carbocycles. The molecule has 1 amide bonds. The van der Waals surface area contributed by atoms with Gasteiger partial charge in [-0.1, -0.05) is 12.1 Å². The Morgan fingerprint density at radius 2 is 2.21 bits per heavy atom. The normalized spacial score (nSPS) is 18.0. The van der Waals surface area contributed by atoms with Crippen molar-refractivity contribution in [2.45, 2.75) is 45.3 Å². The largest absolute Gasteiger partial charge is 0.444 e. The summed E-state index contributed by atoms with van der Waals surface area (Å²) in [6, 6.07) is 6.20. The summed E-state index contributed by atoms with van der Waals surface area (Å²) in [5, 5.41) is 0. The molecule has 0 aliphatic carbocycles. The van der Waals surface area contributed by atoms with Gasteiger partial charge in [0, 0.05) is 12.1 Å². The Labute approximate surface area is 140 Å². The number of rotatable bonds is 2. The van der Waals surface area contributed by atoms with Crippen LogP contribution >= 0.6 is 0 Å². The summed E-state index contributed by atoms with van der Waals surface area (Å²) in [6.07, 6.45) is 3.08. The van der Waals surface area contributed by atoms with Gasteiger partial charge in [-0.2, -0.15) is 0 Å². The van der Waals surface area contributed by atoms with E-state index in [0.29, 0.717) is 12.4 Å². The maximum Gasteiger partial charge on any atom is 0.410 e. The zero-order valence-electron chi connectivity index (χ0n) is 14.2. The van der Waals surface area contributed by atoms with E-state index in [1.165, 1.54) is 12.1 Å². The third-order valence-electron chi connectivity index (χ3n) is 3.93. The third-order valence-corrected chi connectivity index (χ3v) is 3.93. The van der Waals surface area contributed by atoms with Crippen LogP contribution in [0.25, 0.3) is 11.3 Å². The van der Waals surface area contributed by atoms with Crippen LogP contribution in [-0.2, 0) is 4.74 Å². The average molecular weight is 331 g/mol. The molecule has 1 fully saturated rings. The minimum Gasteiger partial charge on any atom is -0.444 e. The zero-order valence-corrected chi connectivity index (χ0v) is 14.2. The highest BCUT2D eigenvalue weighted by Crippen LogP contribution is 2.32. The van der Waals surface area contributed by atoms with Crippen LogP contribution in [0.15, 0.2) is 30.5 Å². The minimum atomic E-state index is -0.528. The Balaban J connectivity index is 1.80. The highest BCUT2D eigenvalue weighted by molar-refractivity contribution is 5.69. The standard InChI is InChI=1S/C18H22FN3O2/c1-18(2,3)24-17(23)22-9-5-8-15(22)16-20-11-14(21-16)12-6-4-7-13(19)10-12/h4,6-7,10-11,15H,5,8-9H2,1-3H3,(H,20,21)/t15-/m0/s1. The topological polar surface area (TPSA) is 58.2 Å². The number of aromatic nitrogens is 2. The minimum absolute atomic E-state index is 0.137. The fourth-order valence-electron chi connectivity index (χ4n) is 2.90. The first-order valence-corrected chi connectivity index (χ1v) is 8.14. The number of imidazole rings is 1. The van der Waals surface area contributed by atoms with Gasteiger partial charge in [-0.15, -0.1) is 0 Å². The molecule has 0 unspecified atom stereocenters. The molecule has 2 heterocycles. The van der Waals surface area contributed by atoms with E-state index in [4.69, 9.17) is 4.74 Å². The molecule has 128 valence electrons. The van der Waals surface area contributed by atoms with Crippen LogP contribution in [0.4, 0.5) is 9.18 Å². The lowest BCUT2D eigenvalue weighted by Gasteiger charge is -2.27. The number of benzene rings is 1. The second-order valence-electron chi connectivity index (χ2n) is 7.02. The zero-order chi connectivity index (χ0) is 17.3. The predicted octanol–water partition coefficient (Wildman–Crippen LogP) is 4.29. The van der Waals surface area contributed by atoms with Crippen molar-refractivity contribution in [2.24, 2.45) is 0 Å². The van der Waals surface area contributed by atoms with Crippen molar-refractivity contribution < 1.29 is 13.9 Å². The van der Waals surface area contributed by atoms with Crippen molar-refractivity contribution >= 4 is 6.09 Å². The van der Waals surface area contributed by atoms with Crippen LogP contribution in [0, 0.1) is 5.82 Å². The molecule has 0 spiro atoms. The van der Waals surface area contributed by atoms with E-state index in [9.17, 15) is 9.18 Å². The first-order valence-electron chi connectivity index (χ1n) is 8.14. The number of H-pyrrole nitrogens is 1. The van der Waals surface area contributed by atoms with Crippen LogP contribution < -0.4 is 0 Å². The number of ether oxygens (including phenoxy) is 1. The van der Waals surface area contributed by atoms with Gasteiger partial charge in [0.1, 0.15) is 17.2 Å². The van der Waals surface area contributed by atoms with Crippen molar-refractivity contribution in [3.8, 4) is 11.3 Å². The number of carbonyl (C=O) groups is 1. The molecule has 1 saturated heterocycles. The lowest BCUT2D eigenvalue weighted by molar-refractivity contribution is 0.0219. The van der Waals surface area contributed by atoms with E-state index in [1.54, 1.807) is 17.2 Å². The van der Waals surface area contributed by atoms with E-state index in [-0.39, 0.29) is 18.0 Å². The highest BCUT2D eigenvalue weighted by Gasteiger charge is 2.34. The molecule has 1 N–H and O–H groups in total. The molecule has 0 saturated carbocycles. The van der Waals surface area contributed by atoms with Gasteiger partial charge in [0.2, 0.25) is 0 Å². The first-order chi connectivity index (χ1) is 11.3. The van der Waals surface area contributed by atoms with E-state index in [2.05, 4.69) is 9.97 Å². The molecule has 24 heavy (non-hydrogen) atoms. The van der Waals surface area contributed by atoms with Crippen LogP contribution in [0.3, 0.4) is 0 Å². The van der Waals surface area contributed by atoms with E-state index in [1.807, 2.05) is 26.8 Å². The van der Waals surface area contributed by atoms with Gasteiger partial charge < -0.3 is 9.72 Å². The summed E-state index contributed by atoms with van der Waals surface area (Å²) in [4.78, 5) is 21.7. The van der Waals surface area contributed by atoms with Gasteiger partial charge >= 0.3 is 6.09 Å². The van der Waals surface area contributed by atoms with Crippen molar-refractivity contribution in [3.63, 3.8) is 0 Å². The van der Waals surface area contributed by atoms with Gasteiger partial charge in [0.25, 0.3) is 0 Å². The molecule has 3 rings (SSSR count). The maximum atomic E-state index is 13.4. The summed E-state index contributed by atoms with van der Waals surface area (Å²) in [5.41, 5.74) is 0.941. The third kappa shape index (κ3) is 3.58. The lowest BCUT2D eigenvalue weighted by Crippen LogP contribution is -2.36. The first kappa shape index (κ1) is 16.5. The van der Waals surface area contributed by atoms with E-state index in [0.717, 1.165) is 24.1 Å². The molecule has 5 nitrogen and oxygen atoms in total. The Morgan fingerprint density at radius 3 is 2.92 bits per heavy atom. The second kappa shape index (κ2) is 6.26. The van der Waals surface area contributed by atoms with Crippen molar-refractivity contribution in [3.05, 3.63) is 42.1 Å². The highest BCUT2D eigenvalue weighted by atomic mass is 19.1. The van der Waals surface area contributed by atoms with Crippen LogP contribution in [0.5, 0.6) is 0 Å². The molecule has 1 aliphatic rings. The van der Waals surface area contributed by atoms with Crippen molar-refractivity contribution in [1.29, 1.82) is 0 Å². The second-order valence-corrected chi connectivity index (χ2v) is 7.02. The molecule has 1 atom stereocenters. The Bertz CT molecular complexity index is 736. The van der Waals surface area contributed by atoms with Gasteiger partial charge in [-0.05, 0) is 45.7 Å². The maximum absolute atomic E-state index is 13.4. The predicted molar refractivity (Wildman–Crippen MR) is 88.9 cm³/mol. The number of nitrogens with zero attached hydrogens (tertiary/aromatic N) is 2. The monoisotopic (exact) mass is 331 g/mol. The number of halogens is 1. The molecule has 0 radical (unpaired) electrons. The molecular weight excluding hydrogens is 309 g/mol. The van der Waals surface area contributed by atoms with Gasteiger partial charge in [-0.25, -0.2) is 14.2 Å². The Hall–Kier alpha value is -2.37. The SMILES string of the molecule is CC(C)(C)OC(=O)N1CCC[C@H]1c1ncc(-c2cccc(F)c2)[nH]1. The summed E-state index contributed by atoms with van der Waals surface area (Å²) in [5.74, 6) is 0.414. The number of carbonyl (C=O) groups excluding carboxylic acids is 1. The molecule has 1 aliphatic heterocycles. The van der Waals surface area contributed by atoms with E-state index >= 15 is 0 Å². The number of nitrogens with one attached hydrogen (secondary N) is 1. The van der Waals surface area contributed by atoms with Gasteiger partial charge in [0.15, 0.2) is 0 Å². The molecule has 6 heteroatoms. The van der Waals surface area contributed by atoms with E-state index < -0.39 is 5.60 Å². The Kier molecular flexibility index (Phi) is 4.30. The smallest absolute Gasteiger partial charge is 0.410 e. The molecule has 1 aromatic heterocycles. The van der Waals surface area contributed by atoms with Crippen LogP contribution in [0.2, 0.25) is 0 Å². The quantitative estimate of drug-likeness (QED) is 0.893. The summed E-state index contributed by atoms with van der Waals surface area (Å²) in [6.45, 7) is 6.20. The fourth-order valence-corrected chi connectivity index (χ4v) is 2.90. The molecule has 2 aromatic rings. The average Bonchev–Trinajstić information content (AvgIpc) is 3.14. The molecule has 0 bridgehead atoms. The van der Waals surface area contributed by atoms with Crippen molar-refractivity contribution in [2.75, 3.05) is 6.54 Å². The summed E-state index contributed by atoms with van der Waals surface area (Å²) in [7, 11) is 0.